The number of rotatable bonds is 4. The second kappa shape index (κ2) is 7.49. The summed E-state index contributed by atoms with van der Waals surface area (Å²) in [6.07, 6.45) is 4.28. The van der Waals surface area contributed by atoms with Crippen molar-refractivity contribution in [3.63, 3.8) is 0 Å². The van der Waals surface area contributed by atoms with E-state index in [0.717, 1.165) is 0 Å². The fourth-order valence-corrected chi connectivity index (χ4v) is 1.95. The molecule has 25 heavy (non-hydrogen) atoms. The summed E-state index contributed by atoms with van der Waals surface area (Å²) in [6.45, 7) is 0. The monoisotopic (exact) mass is 358 g/mol. The molecule has 0 atom stereocenters. The second-order valence-electron chi connectivity index (χ2n) is 4.79. The number of aromatic nitrogens is 4. The predicted octanol–water partition coefficient (Wildman–Crippen LogP) is 1.18. The van der Waals surface area contributed by atoms with Crippen LogP contribution in [0.2, 0.25) is 5.02 Å². The van der Waals surface area contributed by atoms with Crippen LogP contribution in [0.3, 0.4) is 0 Å². The Labute approximate surface area is 146 Å². The summed E-state index contributed by atoms with van der Waals surface area (Å²) in [7, 11) is 0. The molecule has 2 amide bonds. The average Bonchev–Trinajstić information content (AvgIpc) is 3.09. The van der Waals surface area contributed by atoms with Crippen LogP contribution in [0, 0.1) is 0 Å². The molecule has 2 N–H and O–H groups in total. The number of hydrazine groups is 1. The zero-order chi connectivity index (χ0) is 17.6. The molecule has 0 fully saturated rings. The van der Waals surface area contributed by atoms with Crippen LogP contribution >= 0.6 is 11.6 Å². The van der Waals surface area contributed by atoms with Gasteiger partial charge in [-0.05, 0) is 24.3 Å². The Hall–Kier alpha value is -3.33. The topological polar surface area (TPSA) is 123 Å². The van der Waals surface area contributed by atoms with Gasteiger partial charge in [0.1, 0.15) is 12.1 Å². The second-order valence-corrected chi connectivity index (χ2v) is 5.22. The van der Waals surface area contributed by atoms with E-state index in [1.165, 1.54) is 30.7 Å². The van der Waals surface area contributed by atoms with Crippen molar-refractivity contribution in [3.05, 3.63) is 59.3 Å². The molecule has 0 saturated heterocycles. The molecule has 1 aromatic carbocycles. The fraction of sp³-hybridized carbons (Fsp3) is 0.0667. The summed E-state index contributed by atoms with van der Waals surface area (Å²) in [5.41, 5.74) is 5.33. The van der Waals surface area contributed by atoms with Crippen LogP contribution in [-0.2, 0) is 11.2 Å². The van der Waals surface area contributed by atoms with Crippen LogP contribution in [0.25, 0.3) is 11.5 Å². The zero-order valence-electron chi connectivity index (χ0n) is 12.6. The summed E-state index contributed by atoms with van der Waals surface area (Å²) in [5.74, 6) is -0.688. The summed E-state index contributed by atoms with van der Waals surface area (Å²) in [4.78, 5) is 35.7. The van der Waals surface area contributed by atoms with Crippen LogP contribution in [-0.4, -0.2) is 31.9 Å². The van der Waals surface area contributed by atoms with Crippen LogP contribution < -0.4 is 10.9 Å². The molecule has 0 radical (unpaired) electrons. The number of amides is 2. The van der Waals surface area contributed by atoms with Crippen molar-refractivity contribution in [2.45, 2.75) is 6.42 Å². The molecule has 0 saturated carbocycles. The SMILES string of the molecule is O=C(Cc1nc(-c2cnccn2)no1)NNC(=O)c1ccc(Cl)cc1. The van der Waals surface area contributed by atoms with Gasteiger partial charge in [-0.2, -0.15) is 4.98 Å². The van der Waals surface area contributed by atoms with Gasteiger partial charge < -0.3 is 4.52 Å². The van der Waals surface area contributed by atoms with Crippen molar-refractivity contribution < 1.29 is 14.1 Å². The van der Waals surface area contributed by atoms with Crippen LogP contribution in [0.4, 0.5) is 0 Å². The lowest BCUT2D eigenvalue weighted by Gasteiger charge is -2.06. The minimum absolute atomic E-state index is 0.0823. The molecule has 0 aliphatic rings. The highest BCUT2D eigenvalue weighted by Crippen LogP contribution is 2.11. The quantitative estimate of drug-likeness (QED) is 0.671. The van der Waals surface area contributed by atoms with Gasteiger partial charge in [0, 0.05) is 23.0 Å². The minimum Gasteiger partial charge on any atom is -0.338 e. The number of nitrogens with zero attached hydrogens (tertiary/aromatic N) is 4. The van der Waals surface area contributed by atoms with Gasteiger partial charge in [-0.15, -0.1) is 0 Å². The molecule has 2 heterocycles. The number of hydrogen-bond donors (Lipinski definition) is 2. The fourth-order valence-electron chi connectivity index (χ4n) is 1.83. The van der Waals surface area contributed by atoms with E-state index in [9.17, 15) is 9.59 Å². The molecular weight excluding hydrogens is 348 g/mol. The van der Waals surface area contributed by atoms with Gasteiger partial charge in [-0.25, -0.2) is 4.98 Å². The first-order valence-electron chi connectivity index (χ1n) is 7.05. The maximum absolute atomic E-state index is 11.9. The van der Waals surface area contributed by atoms with E-state index in [0.29, 0.717) is 16.3 Å². The first kappa shape index (κ1) is 16.5. The highest BCUT2D eigenvalue weighted by atomic mass is 35.5. The van der Waals surface area contributed by atoms with Crippen molar-refractivity contribution >= 4 is 23.4 Å². The van der Waals surface area contributed by atoms with E-state index in [2.05, 4.69) is 31.0 Å². The van der Waals surface area contributed by atoms with Gasteiger partial charge in [-0.3, -0.25) is 25.4 Å². The van der Waals surface area contributed by atoms with Gasteiger partial charge in [0.15, 0.2) is 0 Å². The predicted molar refractivity (Wildman–Crippen MR) is 86.1 cm³/mol. The molecule has 0 unspecified atom stereocenters. The molecule has 3 rings (SSSR count). The molecule has 3 aromatic rings. The summed E-state index contributed by atoms with van der Waals surface area (Å²) >= 11 is 5.75. The van der Waals surface area contributed by atoms with Crippen molar-refractivity contribution in [3.8, 4) is 11.5 Å². The van der Waals surface area contributed by atoms with Gasteiger partial charge in [0.05, 0.1) is 6.20 Å². The first-order chi connectivity index (χ1) is 12.1. The van der Waals surface area contributed by atoms with Gasteiger partial charge in [0.2, 0.25) is 17.6 Å². The van der Waals surface area contributed by atoms with Crippen LogP contribution in [0.15, 0.2) is 47.4 Å². The van der Waals surface area contributed by atoms with Gasteiger partial charge >= 0.3 is 0 Å². The van der Waals surface area contributed by atoms with E-state index in [1.807, 2.05) is 0 Å². The first-order valence-corrected chi connectivity index (χ1v) is 7.43. The average molecular weight is 359 g/mol. The third-order valence-electron chi connectivity index (χ3n) is 2.99. The van der Waals surface area contributed by atoms with Gasteiger partial charge in [-0.1, -0.05) is 16.8 Å². The van der Waals surface area contributed by atoms with Crippen molar-refractivity contribution in [2.24, 2.45) is 0 Å². The maximum atomic E-state index is 11.9. The number of nitrogens with one attached hydrogen (secondary N) is 2. The van der Waals surface area contributed by atoms with E-state index in [1.54, 1.807) is 12.1 Å². The molecule has 10 heteroatoms. The highest BCUT2D eigenvalue weighted by Gasteiger charge is 2.14. The van der Waals surface area contributed by atoms with Crippen molar-refractivity contribution in [2.75, 3.05) is 0 Å². The van der Waals surface area contributed by atoms with E-state index in [-0.39, 0.29) is 18.1 Å². The number of halogens is 1. The van der Waals surface area contributed by atoms with Crippen molar-refractivity contribution in [1.82, 2.24) is 31.0 Å². The minimum atomic E-state index is -0.517. The standard InChI is InChI=1S/C15H11ClN6O3/c16-10-3-1-9(2-4-10)15(24)21-20-12(23)7-13-19-14(22-25-13)11-8-17-5-6-18-11/h1-6,8H,7H2,(H,20,23)(H,21,24). The Morgan fingerprint density at radius 1 is 1.12 bits per heavy atom. The molecule has 0 bridgehead atoms. The number of hydrogen-bond acceptors (Lipinski definition) is 7. The molecule has 0 aliphatic carbocycles. The molecule has 0 spiro atoms. The summed E-state index contributed by atoms with van der Waals surface area (Å²) in [5, 5.41) is 4.23. The van der Waals surface area contributed by atoms with Crippen LogP contribution in [0.1, 0.15) is 16.2 Å². The highest BCUT2D eigenvalue weighted by molar-refractivity contribution is 6.30. The number of carbonyl (C=O) groups is 2. The Kier molecular flexibility index (Phi) is 4.95. The molecule has 9 nitrogen and oxygen atoms in total. The lowest BCUT2D eigenvalue weighted by Crippen LogP contribution is -2.42. The Morgan fingerprint density at radius 3 is 2.64 bits per heavy atom. The Balaban J connectivity index is 1.54. The molecule has 126 valence electrons. The smallest absolute Gasteiger partial charge is 0.269 e. The summed E-state index contributed by atoms with van der Waals surface area (Å²) in [6, 6.07) is 6.22. The lowest BCUT2D eigenvalue weighted by molar-refractivity contribution is -0.121. The Bertz CT molecular complexity index is 882. The largest absolute Gasteiger partial charge is 0.338 e. The van der Waals surface area contributed by atoms with E-state index >= 15 is 0 Å². The van der Waals surface area contributed by atoms with Crippen molar-refractivity contribution in [1.29, 1.82) is 0 Å². The normalized spacial score (nSPS) is 10.3. The van der Waals surface area contributed by atoms with E-state index in [4.69, 9.17) is 16.1 Å². The number of carbonyl (C=O) groups excluding carboxylic acids is 2. The van der Waals surface area contributed by atoms with Crippen LogP contribution in [0.5, 0.6) is 0 Å². The molecular formula is C15H11ClN6O3. The lowest BCUT2D eigenvalue weighted by atomic mass is 10.2. The summed E-state index contributed by atoms with van der Waals surface area (Å²) < 4.78 is 4.98. The third kappa shape index (κ3) is 4.36. The molecule has 2 aromatic heterocycles. The van der Waals surface area contributed by atoms with E-state index < -0.39 is 11.8 Å². The third-order valence-corrected chi connectivity index (χ3v) is 3.25. The molecule has 0 aliphatic heterocycles. The van der Waals surface area contributed by atoms with Gasteiger partial charge in [0.25, 0.3) is 5.91 Å². The zero-order valence-corrected chi connectivity index (χ0v) is 13.4. The maximum Gasteiger partial charge on any atom is 0.269 e. The number of benzene rings is 1. The Morgan fingerprint density at radius 2 is 1.92 bits per heavy atom.